The van der Waals surface area contributed by atoms with Crippen LogP contribution in [0.1, 0.15) is 12.8 Å². The van der Waals surface area contributed by atoms with Gasteiger partial charge >= 0.3 is 0 Å². The largest absolute Gasteiger partial charge is 0.497 e. The van der Waals surface area contributed by atoms with Gasteiger partial charge in [-0.2, -0.15) is 15.0 Å². The summed E-state index contributed by atoms with van der Waals surface area (Å²) in [5.41, 5.74) is 0.837. The zero-order valence-electron chi connectivity index (χ0n) is 11.7. The second-order valence-corrected chi connectivity index (χ2v) is 5.12. The molecule has 0 atom stereocenters. The third kappa shape index (κ3) is 3.33. The number of methoxy groups -OCH3 is 1. The predicted molar refractivity (Wildman–Crippen MR) is 82.6 cm³/mol. The summed E-state index contributed by atoms with van der Waals surface area (Å²) in [5.74, 6) is 1.82. The van der Waals surface area contributed by atoms with Crippen molar-refractivity contribution < 1.29 is 4.74 Å². The molecule has 110 valence electrons. The van der Waals surface area contributed by atoms with Crippen LogP contribution in [0.5, 0.6) is 5.75 Å². The molecule has 6 nitrogen and oxygen atoms in total. The maximum atomic E-state index is 6.00. The molecule has 7 heteroatoms. The number of rotatable bonds is 4. The summed E-state index contributed by atoms with van der Waals surface area (Å²) >= 11 is 6.00. The maximum absolute atomic E-state index is 6.00. The third-order valence-electron chi connectivity index (χ3n) is 3.31. The minimum Gasteiger partial charge on any atom is -0.497 e. The summed E-state index contributed by atoms with van der Waals surface area (Å²) < 4.78 is 5.19. The van der Waals surface area contributed by atoms with Crippen molar-refractivity contribution in [3.63, 3.8) is 0 Å². The van der Waals surface area contributed by atoms with Gasteiger partial charge in [0.25, 0.3) is 0 Å². The summed E-state index contributed by atoms with van der Waals surface area (Å²) in [6.45, 7) is 1.91. The first-order valence-corrected chi connectivity index (χ1v) is 7.20. The van der Waals surface area contributed by atoms with Gasteiger partial charge in [-0.25, -0.2) is 0 Å². The van der Waals surface area contributed by atoms with E-state index < -0.39 is 0 Å². The van der Waals surface area contributed by atoms with Crippen molar-refractivity contribution in [2.24, 2.45) is 0 Å². The lowest BCUT2D eigenvalue weighted by Gasteiger charge is -2.15. The molecule has 0 unspecified atom stereocenters. The molecule has 1 fully saturated rings. The fourth-order valence-electron chi connectivity index (χ4n) is 2.28. The van der Waals surface area contributed by atoms with Gasteiger partial charge in [0, 0.05) is 24.8 Å². The van der Waals surface area contributed by atoms with E-state index in [1.807, 2.05) is 24.3 Å². The molecule has 0 radical (unpaired) electrons. The van der Waals surface area contributed by atoms with E-state index in [0.717, 1.165) is 37.4 Å². The zero-order valence-corrected chi connectivity index (χ0v) is 12.5. The minimum atomic E-state index is 0.192. The minimum absolute atomic E-state index is 0.192. The first-order valence-electron chi connectivity index (χ1n) is 6.82. The van der Waals surface area contributed by atoms with Crippen LogP contribution in [0.3, 0.4) is 0 Å². The van der Waals surface area contributed by atoms with E-state index >= 15 is 0 Å². The molecule has 2 heterocycles. The van der Waals surface area contributed by atoms with Crippen molar-refractivity contribution in [3.8, 4) is 5.75 Å². The highest BCUT2D eigenvalue weighted by Gasteiger charge is 2.17. The van der Waals surface area contributed by atoms with Crippen molar-refractivity contribution in [2.75, 3.05) is 30.4 Å². The molecule has 1 aliphatic rings. The Labute approximate surface area is 128 Å². The second-order valence-electron chi connectivity index (χ2n) is 4.78. The lowest BCUT2D eigenvalue weighted by atomic mass is 10.3. The Balaban J connectivity index is 1.84. The molecule has 0 aliphatic carbocycles. The summed E-state index contributed by atoms with van der Waals surface area (Å²) in [4.78, 5) is 14.9. The van der Waals surface area contributed by atoms with Crippen LogP contribution in [0.2, 0.25) is 5.28 Å². The number of hydrogen-bond acceptors (Lipinski definition) is 6. The topological polar surface area (TPSA) is 63.2 Å². The quantitative estimate of drug-likeness (QED) is 0.937. The molecule has 0 spiro atoms. The Kier molecular flexibility index (Phi) is 4.06. The summed E-state index contributed by atoms with van der Waals surface area (Å²) in [6, 6.07) is 7.55. The number of hydrogen-bond donors (Lipinski definition) is 1. The lowest BCUT2D eigenvalue weighted by molar-refractivity contribution is 0.415. The van der Waals surface area contributed by atoms with Gasteiger partial charge in [0.05, 0.1) is 7.11 Å². The van der Waals surface area contributed by atoms with E-state index in [9.17, 15) is 0 Å². The smallest absolute Gasteiger partial charge is 0.233 e. The standard InChI is InChI=1S/C14H16ClN5O/c1-21-11-6-4-5-10(9-11)16-13-17-12(15)18-14(19-13)20-7-2-3-8-20/h4-6,9H,2-3,7-8H2,1H3,(H,16,17,18,19). The summed E-state index contributed by atoms with van der Waals surface area (Å²) in [7, 11) is 1.63. The number of aromatic nitrogens is 3. The highest BCUT2D eigenvalue weighted by atomic mass is 35.5. The zero-order chi connectivity index (χ0) is 14.7. The fourth-order valence-corrected chi connectivity index (χ4v) is 2.44. The number of halogens is 1. The molecule has 0 bridgehead atoms. The summed E-state index contributed by atoms with van der Waals surface area (Å²) in [5, 5.41) is 3.32. The predicted octanol–water partition coefficient (Wildman–Crippen LogP) is 2.88. The van der Waals surface area contributed by atoms with E-state index in [0.29, 0.717) is 11.9 Å². The number of ether oxygens (including phenoxy) is 1. The molecular formula is C14H16ClN5O. The lowest BCUT2D eigenvalue weighted by Crippen LogP contribution is -2.21. The highest BCUT2D eigenvalue weighted by molar-refractivity contribution is 6.28. The van der Waals surface area contributed by atoms with Crippen LogP contribution in [-0.2, 0) is 0 Å². The molecule has 1 aliphatic heterocycles. The molecule has 0 saturated carbocycles. The van der Waals surface area contributed by atoms with Crippen molar-refractivity contribution >= 4 is 29.2 Å². The molecule has 2 aromatic rings. The molecule has 1 saturated heterocycles. The van der Waals surface area contributed by atoms with Crippen molar-refractivity contribution in [2.45, 2.75) is 12.8 Å². The van der Waals surface area contributed by atoms with Gasteiger partial charge in [0.2, 0.25) is 17.2 Å². The highest BCUT2D eigenvalue weighted by Crippen LogP contribution is 2.22. The van der Waals surface area contributed by atoms with E-state index in [1.165, 1.54) is 0 Å². The normalized spacial score (nSPS) is 14.3. The van der Waals surface area contributed by atoms with Crippen LogP contribution in [0.25, 0.3) is 0 Å². The number of nitrogens with zero attached hydrogens (tertiary/aromatic N) is 4. The maximum Gasteiger partial charge on any atom is 0.233 e. The Morgan fingerprint density at radius 3 is 2.76 bits per heavy atom. The fraction of sp³-hybridized carbons (Fsp3) is 0.357. The third-order valence-corrected chi connectivity index (χ3v) is 3.48. The van der Waals surface area contributed by atoms with Crippen LogP contribution in [0.15, 0.2) is 24.3 Å². The molecule has 1 aromatic carbocycles. The van der Waals surface area contributed by atoms with E-state index in [1.54, 1.807) is 7.11 Å². The van der Waals surface area contributed by atoms with Crippen LogP contribution in [-0.4, -0.2) is 35.2 Å². The Morgan fingerprint density at radius 1 is 1.19 bits per heavy atom. The summed E-state index contributed by atoms with van der Waals surface area (Å²) in [6.07, 6.45) is 2.31. The van der Waals surface area contributed by atoms with Crippen LogP contribution >= 0.6 is 11.6 Å². The van der Waals surface area contributed by atoms with E-state index in [4.69, 9.17) is 16.3 Å². The molecule has 3 rings (SSSR count). The van der Waals surface area contributed by atoms with Crippen molar-refractivity contribution in [1.82, 2.24) is 15.0 Å². The van der Waals surface area contributed by atoms with Gasteiger partial charge in [-0.1, -0.05) is 6.07 Å². The van der Waals surface area contributed by atoms with Gasteiger partial charge in [-0.3, -0.25) is 0 Å². The molecule has 21 heavy (non-hydrogen) atoms. The van der Waals surface area contributed by atoms with Crippen molar-refractivity contribution in [1.29, 1.82) is 0 Å². The Bertz CT molecular complexity index is 631. The first kappa shape index (κ1) is 13.9. The number of anilines is 3. The van der Waals surface area contributed by atoms with Gasteiger partial charge in [-0.15, -0.1) is 0 Å². The number of benzene rings is 1. The molecule has 1 aromatic heterocycles. The van der Waals surface area contributed by atoms with Crippen molar-refractivity contribution in [3.05, 3.63) is 29.5 Å². The van der Waals surface area contributed by atoms with Gasteiger partial charge in [0.1, 0.15) is 5.75 Å². The second kappa shape index (κ2) is 6.13. The number of nitrogens with one attached hydrogen (secondary N) is 1. The molecular weight excluding hydrogens is 290 g/mol. The van der Waals surface area contributed by atoms with Gasteiger partial charge in [0.15, 0.2) is 0 Å². The molecule has 1 N–H and O–H groups in total. The van der Waals surface area contributed by atoms with Crippen LogP contribution < -0.4 is 15.0 Å². The van der Waals surface area contributed by atoms with Crippen LogP contribution in [0, 0.1) is 0 Å². The van der Waals surface area contributed by atoms with Gasteiger partial charge in [-0.05, 0) is 36.6 Å². The van der Waals surface area contributed by atoms with Gasteiger partial charge < -0.3 is 15.0 Å². The average Bonchev–Trinajstić information content (AvgIpc) is 3.01. The monoisotopic (exact) mass is 305 g/mol. The van der Waals surface area contributed by atoms with E-state index in [2.05, 4.69) is 25.2 Å². The Morgan fingerprint density at radius 2 is 2.00 bits per heavy atom. The first-order chi connectivity index (χ1) is 10.2. The average molecular weight is 306 g/mol. The van der Waals surface area contributed by atoms with Crippen LogP contribution in [0.4, 0.5) is 17.6 Å². The van der Waals surface area contributed by atoms with E-state index in [-0.39, 0.29) is 5.28 Å². The Hall–Kier alpha value is -2.08. The molecule has 0 amide bonds. The SMILES string of the molecule is COc1cccc(Nc2nc(Cl)nc(N3CCCC3)n2)c1.